The Hall–Kier alpha value is -1.82. The van der Waals surface area contributed by atoms with Crippen molar-refractivity contribution in [1.82, 2.24) is 0 Å². The first kappa shape index (κ1) is 13.2. The monoisotopic (exact) mass is 258 g/mol. The number of nitrogens with zero attached hydrogens (tertiary/aromatic N) is 1. The van der Waals surface area contributed by atoms with Crippen LogP contribution in [0.4, 0.5) is 11.4 Å². The van der Waals surface area contributed by atoms with Gasteiger partial charge >= 0.3 is 5.97 Å². The van der Waals surface area contributed by atoms with Gasteiger partial charge in [-0.1, -0.05) is 11.6 Å². The zero-order valence-electron chi connectivity index (χ0n) is 9.23. The molecule has 0 aliphatic rings. The van der Waals surface area contributed by atoms with Gasteiger partial charge in [0.2, 0.25) is 0 Å². The van der Waals surface area contributed by atoms with Crippen LogP contribution in [0, 0.1) is 10.1 Å². The van der Waals surface area contributed by atoms with E-state index in [2.05, 4.69) is 5.32 Å². The van der Waals surface area contributed by atoms with Crippen molar-refractivity contribution in [3.8, 4) is 0 Å². The first-order chi connectivity index (χ1) is 7.82. The van der Waals surface area contributed by atoms with Crippen LogP contribution < -0.4 is 5.32 Å². The highest BCUT2D eigenvalue weighted by atomic mass is 35.5. The molecule has 0 radical (unpaired) electrons. The summed E-state index contributed by atoms with van der Waals surface area (Å²) in [6.07, 6.45) is 0. The van der Waals surface area contributed by atoms with Crippen molar-refractivity contribution in [3.63, 3.8) is 0 Å². The predicted molar refractivity (Wildman–Crippen MR) is 63.8 cm³/mol. The lowest BCUT2D eigenvalue weighted by atomic mass is 10.1. The molecular weight excluding hydrogens is 248 g/mol. The highest BCUT2D eigenvalue weighted by Crippen LogP contribution is 2.31. The molecule has 0 fully saturated rings. The molecule has 0 saturated heterocycles. The second-order valence-corrected chi connectivity index (χ2v) is 4.12. The molecule has 1 aromatic rings. The number of nitro groups is 1. The molecule has 7 heteroatoms. The van der Waals surface area contributed by atoms with Crippen molar-refractivity contribution in [3.05, 3.63) is 32.8 Å². The number of carbonyl (C=O) groups is 1. The van der Waals surface area contributed by atoms with E-state index in [9.17, 15) is 14.9 Å². The summed E-state index contributed by atoms with van der Waals surface area (Å²) in [6.45, 7) is 3.62. The van der Waals surface area contributed by atoms with Crippen molar-refractivity contribution in [2.75, 3.05) is 5.32 Å². The summed E-state index contributed by atoms with van der Waals surface area (Å²) in [4.78, 5) is 20.9. The van der Waals surface area contributed by atoms with Crippen LogP contribution in [0.25, 0.3) is 0 Å². The Balaban J connectivity index is 3.38. The Bertz CT molecular complexity index is 474. The minimum Gasteiger partial charge on any atom is -0.478 e. The quantitative estimate of drug-likeness (QED) is 0.640. The average Bonchev–Trinajstić information content (AvgIpc) is 2.19. The fourth-order valence-electron chi connectivity index (χ4n) is 1.30. The van der Waals surface area contributed by atoms with Gasteiger partial charge in [0.25, 0.3) is 5.69 Å². The number of rotatable bonds is 4. The molecule has 0 bridgehead atoms. The normalized spacial score (nSPS) is 10.4. The Morgan fingerprint density at radius 2 is 2.12 bits per heavy atom. The number of hydrogen-bond acceptors (Lipinski definition) is 4. The van der Waals surface area contributed by atoms with E-state index < -0.39 is 10.9 Å². The number of hydrogen-bond donors (Lipinski definition) is 2. The molecule has 1 rings (SSSR count). The van der Waals surface area contributed by atoms with Crippen LogP contribution in [0.5, 0.6) is 0 Å². The summed E-state index contributed by atoms with van der Waals surface area (Å²) in [5.41, 5.74) is -0.362. The summed E-state index contributed by atoms with van der Waals surface area (Å²) >= 11 is 5.84. The lowest BCUT2D eigenvalue weighted by molar-refractivity contribution is -0.384. The molecule has 0 unspecified atom stereocenters. The molecular formula is C10H11ClN2O4. The maximum Gasteiger partial charge on any atom is 0.338 e. The number of nitro benzene ring substituents is 1. The predicted octanol–water partition coefficient (Wildman–Crippen LogP) is 2.77. The first-order valence-corrected chi connectivity index (χ1v) is 5.18. The van der Waals surface area contributed by atoms with Gasteiger partial charge in [-0.3, -0.25) is 10.1 Å². The third-order valence-electron chi connectivity index (χ3n) is 1.95. The molecule has 0 amide bonds. The van der Waals surface area contributed by atoms with Gasteiger partial charge in [-0.25, -0.2) is 4.79 Å². The summed E-state index contributed by atoms with van der Waals surface area (Å²) in [5.74, 6) is -1.27. The van der Waals surface area contributed by atoms with E-state index in [1.807, 2.05) is 13.8 Å². The van der Waals surface area contributed by atoms with Crippen LogP contribution in [0.3, 0.4) is 0 Å². The SMILES string of the molecule is CC(C)Nc1c(Cl)cc([N+](=O)[O-])cc1C(=O)O. The lowest BCUT2D eigenvalue weighted by Gasteiger charge is -2.14. The zero-order chi connectivity index (χ0) is 13.2. The van der Waals surface area contributed by atoms with Crippen molar-refractivity contribution >= 4 is 28.9 Å². The molecule has 6 nitrogen and oxygen atoms in total. The number of carboxylic acid groups (broad SMARTS) is 1. The van der Waals surface area contributed by atoms with E-state index in [-0.39, 0.29) is 28.0 Å². The van der Waals surface area contributed by atoms with Crippen LogP contribution in [-0.4, -0.2) is 22.0 Å². The van der Waals surface area contributed by atoms with Gasteiger partial charge in [0, 0.05) is 18.2 Å². The second kappa shape index (κ2) is 5.01. The van der Waals surface area contributed by atoms with Gasteiger partial charge < -0.3 is 10.4 Å². The van der Waals surface area contributed by atoms with E-state index >= 15 is 0 Å². The smallest absolute Gasteiger partial charge is 0.338 e. The number of halogens is 1. The lowest BCUT2D eigenvalue weighted by Crippen LogP contribution is -2.14. The van der Waals surface area contributed by atoms with Gasteiger partial charge in [-0.2, -0.15) is 0 Å². The van der Waals surface area contributed by atoms with E-state index in [0.29, 0.717) is 0 Å². The van der Waals surface area contributed by atoms with Crippen molar-refractivity contribution < 1.29 is 14.8 Å². The van der Waals surface area contributed by atoms with Crippen molar-refractivity contribution in [2.24, 2.45) is 0 Å². The molecule has 92 valence electrons. The number of nitrogens with one attached hydrogen (secondary N) is 1. The maximum atomic E-state index is 11.0. The molecule has 2 N–H and O–H groups in total. The topological polar surface area (TPSA) is 92.5 Å². The standard InChI is InChI=1S/C10H11ClN2O4/c1-5(2)12-9-7(10(14)15)3-6(13(16)17)4-8(9)11/h3-5,12H,1-2H3,(H,14,15). The van der Waals surface area contributed by atoms with E-state index in [4.69, 9.17) is 16.7 Å². The van der Waals surface area contributed by atoms with Crippen LogP contribution in [-0.2, 0) is 0 Å². The maximum absolute atomic E-state index is 11.0. The first-order valence-electron chi connectivity index (χ1n) is 4.80. The molecule has 0 aliphatic heterocycles. The summed E-state index contributed by atoms with van der Waals surface area (Å²) in [5, 5.41) is 22.5. The molecule has 17 heavy (non-hydrogen) atoms. The fourth-order valence-corrected chi connectivity index (χ4v) is 1.57. The number of non-ortho nitro benzene ring substituents is 1. The van der Waals surface area contributed by atoms with E-state index in [1.165, 1.54) is 0 Å². The van der Waals surface area contributed by atoms with Gasteiger partial charge in [0.1, 0.15) is 0 Å². The van der Waals surface area contributed by atoms with E-state index in [0.717, 1.165) is 12.1 Å². The van der Waals surface area contributed by atoms with Crippen molar-refractivity contribution in [1.29, 1.82) is 0 Å². The van der Waals surface area contributed by atoms with Gasteiger partial charge in [-0.15, -0.1) is 0 Å². The van der Waals surface area contributed by atoms with Crippen molar-refractivity contribution in [2.45, 2.75) is 19.9 Å². The number of benzene rings is 1. The Morgan fingerprint density at radius 3 is 2.53 bits per heavy atom. The minimum absolute atomic E-state index is 0.0188. The number of aromatic carboxylic acids is 1. The van der Waals surface area contributed by atoms with Crippen LogP contribution in [0.2, 0.25) is 5.02 Å². The fraction of sp³-hybridized carbons (Fsp3) is 0.300. The molecule has 0 aromatic heterocycles. The van der Waals surface area contributed by atoms with Crippen LogP contribution >= 0.6 is 11.6 Å². The largest absolute Gasteiger partial charge is 0.478 e. The van der Waals surface area contributed by atoms with Gasteiger partial charge in [-0.05, 0) is 13.8 Å². The van der Waals surface area contributed by atoms with E-state index in [1.54, 1.807) is 0 Å². The Labute approximate surface area is 102 Å². The third kappa shape index (κ3) is 3.07. The van der Waals surface area contributed by atoms with Gasteiger partial charge in [0.15, 0.2) is 0 Å². The molecule has 1 aromatic carbocycles. The molecule has 0 saturated carbocycles. The molecule has 0 aliphatic carbocycles. The Morgan fingerprint density at radius 1 is 1.53 bits per heavy atom. The second-order valence-electron chi connectivity index (χ2n) is 3.71. The third-order valence-corrected chi connectivity index (χ3v) is 2.25. The summed E-state index contributed by atoms with van der Waals surface area (Å²) < 4.78 is 0. The van der Waals surface area contributed by atoms with Crippen LogP contribution in [0.1, 0.15) is 24.2 Å². The Kier molecular flexibility index (Phi) is 3.90. The number of anilines is 1. The molecule has 0 heterocycles. The zero-order valence-corrected chi connectivity index (χ0v) is 9.99. The molecule has 0 atom stereocenters. The average molecular weight is 259 g/mol. The van der Waals surface area contributed by atoms with Crippen LogP contribution in [0.15, 0.2) is 12.1 Å². The summed E-state index contributed by atoms with van der Waals surface area (Å²) in [7, 11) is 0. The number of carboxylic acids is 1. The molecule has 0 spiro atoms. The van der Waals surface area contributed by atoms with Gasteiger partial charge in [0.05, 0.1) is 21.2 Å². The summed E-state index contributed by atoms with van der Waals surface area (Å²) in [6, 6.07) is 2.07. The highest BCUT2D eigenvalue weighted by molar-refractivity contribution is 6.34. The minimum atomic E-state index is -1.27. The highest BCUT2D eigenvalue weighted by Gasteiger charge is 2.20.